The van der Waals surface area contributed by atoms with Gasteiger partial charge in [0, 0.05) is 37.0 Å². The zero-order chi connectivity index (χ0) is 19.2. The Morgan fingerprint density at radius 2 is 2.19 bits per heavy atom. The molecule has 8 nitrogen and oxygen atoms in total. The van der Waals surface area contributed by atoms with E-state index in [2.05, 4.69) is 10.2 Å². The van der Waals surface area contributed by atoms with Crippen LogP contribution in [0.5, 0.6) is 0 Å². The lowest BCUT2D eigenvalue weighted by Crippen LogP contribution is -2.18. The number of hydrogen-bond acceptors (Lipinski definition) is 7. The average Bonchev–Trinajstić information content (AvgIpc) is 3.21. The number of fused-ring (bicyclic) bond motifs is 1. The molecule has 0 saturated carbocycles. The van der Waals surface area contributed by atoms with E-state index in [-0.39, 0.29) is 18.1 Å². The van der Waals surface area contributed by atoms with E-state index in [1.165, 1.54) is 11.8 Å². The lowest BCUT2D eigenvalue weighted by molar-refractivity contribution is 0.0491. The third-order valence-corrected chi connectivity index (χ3v) is 4.96. The number of aromatic amines is 1. The van der Waals surface area contributed by atoms with Crippen LogP contribution in [0.2, 0.25) is 0 Å². The number of benzene rings is 1. The minimum absolute atomic E-state index is 0.189. The number of methoxy groups -OCH3 is 1. The quantitative estimate of drug-likeness (QED) is 0.340. The summed E-state index contributed by atoms with van der Waals surface area (Å²) in [5, 5.41) is 7.95. The van der Waals surface area contributed by atoms with Gasteiger partial charge in [0.1, 0.15) is 5.58 Å². The molecule has 0 amide bonds. The van der Waals surface area contributed by atoms with E-state index in [9.17, 15) is 9.59 Å². The lowest BCUT2D eigenvalue weighted by Gasteiger charge is -2.06. The highest BCUT2D eigenvalue weighted by Gasteiger charge is 2.22. The summed E-state index contributed by atoms with van der Waals surface area (Å²) in [4.78, 5) is 24.2. The molecule has 3 aromatic rings. The van der Waals surface area contributed by atoms with E-state index in [0.717, 1.165) is 10.9 Å². The van der Waals surface area contributed by atoms with Crippen molar-refractivity contribution >= 4 is 28.7 Å². The molecular weight excluding hydrogens is 370 g/mol. The molecule has 9 heteroatoms. The average molecular weight is 391 g/mol. The van der Waals surface area contributed by atoms with Crippen molar-refractivity contribution < 1.29 is 18.7 Å². The number of carbonyl (C=O) groups excluding carboxylic acids is 1. The van der Waals surface area contributed by atoms with E-state index in [4.69, 9.17) is 13.9 Å². The van der Waals surface area contributed by atoms with Gasteiger partial charge in [-0.25, -0.2) is 14.7 Å². The Morgan fingerprint density at radius 3 is 2.96 bits per heavy atom. The molecule has 2 aromatic heterocycles. The van der Waals surface area contributed by atoms with E-state index < -0.39 is 5.97 Å². The molecule has 0 aliphatic carbocycles. The molecule has 0 radical (unpaired) electrons. The summed E-state index contributed by atoms with van der Waals surface area (Å²) in [6.07, 6.45) is 0.701. The maximum Gasteiger partial charge on any atom is 0.374 e. The fourth-order valence-corrected chi connectivity index (χ4v) is 3.72. The van der Waals surface area contributed by atoms with Crippen LogP contribution in [-0.4, -0.2) is 41.1 Å². The second-order valence-corrected chi connectivity index (χ2v) is 6.67. The highest BCUT2D eigenvalue weighted by Crippen LogP contribution is 2.31. The van der Waals surface area contributed by atoms with Gasteiger partial charge >= 0.3 is 11.7 Å². The molecule has 144 valence electrons. The van der Waals surface area contributed by atoms with Gasteiger partial charge in [-0.1, -0.05) is 30.0 Å². The first kappa shape index (κ1) is 19.2. The summed E-state index contributed by atoms with van der Waals surface area (Å²) < 4.78 is 17.4. The van der Waals surface area contributed by atoms with Gasteiger partial charge in [0.25, 0.3) is 0 Å². The van der Waals surface area contributed by atoms with Crippen molar-refractivity contribution in [2.24, 2.45) is 0 Å². The highest BCUT2D eigenvalue weighted by atomic mass is 32.2. The third kappa shape index (κ3) is 4.25. The van der Waals surface area contributed by atoms with Crippen molar-refractivity contribution in [2.45, 2.75) is 30.8 Å². The molecule has 0 fully saturated rings. The number of para-hydroxylation sites is 1. The van der Waals surface area contributed by atoms with Crippen molar-refractivity contribution in [2.75, 3.05) is 20.3 Å². The van der Waals surface area contributed by atoms with Crippen LogP contribution in [-0.2, 0) is 21.8 Å². The number of nitrogens with zero attached hydrogens (tertiary/aromatic N) is 2. The molecule has 0 aliphatic heterocycles. The number of esters is 1. The molecule has 0 unspecified atom stereocenters. The second-order valence-electron chi connectivity index (χ2n) is 5.72. The number of H-pyrrole nitrogens is 1. The number of aromatic nitrogens is 3. The van der Waals surface area contributed by atoms with Gasteiger partial charge in [-0.15, -0.1) is 5.10 Å². The molecule has 27 heavy (non-hydrogen) atoms. The fraction of sp³-hybridized carbons (Fsp3) is 0.389. The molecule has 0 spiro atoms. The normalized spacial score (nSPS) is 11.2. The van der Waals surface area contributed by atoms with Crippen LogP contribution in [0.3, 0.4) is 0 Å². The summed E-state index contributed by atoms with van der Waals surface area (Å²) in [6, 6.07) is 7.43. The Bertz CT molecular complexity index is 975. The predicted molar refractivity (Wildman–Crippen MR) is 101 cm³/mol. The predicted octanol–water partition coefficient (Wildman–Crippen LogP) is 2.82. The molecule has 0 saturated heterocycles. The van der Waals surface area contributed by atoms with Crippen LogP contribution in [0, 0.1) is 0 Å². The molecule has 0 atom stereocenters. The first-order valence-corrected chi connectivity index (χ1v) is 9.58. The number of thioether (sulfide) groups is 1. The van der Waals surface area contributed by atoms with Crippen LogP contribution >= 0.6 is 11.8 Å². The van der Waals surface area contributed by atoms with Gasteiger partial charge in [0.05, 0.1) is 6.61 Å². The number of hydrogen-bond donors (Lipinski definition) is 1. The Hall–Kier alpha value is -2.52. The van der Waals surface area contributed by atoms with Crippen molar-refractivity contribution in [3.05, 3.63) is 46.1 Å². The van der Waals surface area contributed by atoms with Crippen molar-refractivity contribution in [1.82, 2.24) is 14.8 Å². The van der Waals surface area contributed by atoms with Gasteiger partial charge in [0.15, 0.2) is 5.16 Å². The monoisotopic (exact) mass is 391 g/mol. The van der Waals surface area contributed by atoms with Gasteiger partial charge < -0.3 is 13.9 Å². The van der Waals surface area contributed by atoms with Crippen LogP contribution in [0.15, 0.2) is 38.6 Å². The number of nitrogens with one attached hydrogen (secondary N) is 1. The molecule has 0 bridgehead atoms. The van der Waals surface area contributed by atoms with E-state index in [1.807, 2.05) is 18.2 Å². The summed E-state index contributed by atoms with van der Waals surface area (Å²) >= 11 is 1.36. The van der Waals surface area contributed by atoms with E-state index in [0.29, 0.717) is 36.1 Å². The zero-order valence-corrected chi connectivity index (χ0v) is 16.0. The number of ether oxygens (including phenoxy) is 2. The second kappa shape index (κ2) is 8.92. The molecule has 2 heterocycles. The van der Waals surface area contributed by atoms with Gasteiger partial charge in [0.2, 0.25) is 5.76 Å². The zero-order valence-electron chi connectivity index (χ0n) is 15.2. The standard InChI is InChI=1S/C18H21N3O5S/c1-3-25-16(22)15-13(12-7-4-5-8-14(12)26-15)11-27-18-20-19-17(23)21(18)9-6-10-24-2/h4-5,7-8H,3,6,9-11H2,1-2H3,(H,19,23). The molecule has 3 rings (SSSR count). The first-order valence-electron chi connectivity index (χ1n) is 8.60. The summed E-state index contributed by atoms with van der Waals surface area (Å²) in [7, 11) is 1.62. The van der Waals surface area contributed by atoms with Crippen molar-refractivity contribution in [3.63, 3.8) is 0 Å². The first-order chi connectivity index (χ1) is 13.2. The maximum absolute atomic E-state index is 12.3. The van der Waals surface area contributed by atoms with E-state index >= 15 is 0 Å². The highest BCUT2D eigenvalue weighted by molar-refractivity contribution is 7.98. The Labute approximate surface area is 159 Å². The van der Waals surface area contributed by atoms with Crippen LogP contribution < -0.4 is 5.69 Å². The van der Waals surface area contributed by atoms with E-state index in [1.54, 1.807) is 24.7 Å². The summed E-state index contributed by atoms with van der Waals surface area (Å²) in [5.41, 5.74) is 1.08. The van der Waals surface area contributed by atoms with Crippen LogP contribution in [0.4, 0.5) is 0 Å². The summed E-state index contributed by atoms with van der Waals surface area (Å²) in [6.45, 7) is 3.07. The Balaban J connectivity index is 1.86. The molecule has 0 aliphatic rings. The largest absolute Gasteiger partial charge is 0.460 e. The minimum Gasteiger partial charge on any atom is -0.460 e. The third-order valence-electron chi connectivity index (χ3n) is 3.96. The molecular formula is C18H21N3O5S. The van der Waals surface area contributed by atoms with Crippen molar-refractivity contribution in [3.8, 4) is 0 Å². The lowest BCUT2D eigenvalue weighted by atomic mass is 10.1. The van der Waals surface area contributed by atoms with Crippen LogP contribution in [0.1, 0.15) is 29.5 Å². The van der Waals surface area contributed by atoms with Gasteiger partial charge in [-0.05, 0) is 19.4 Å². The molecule has 1 N–H and O–H groups in total. The topological polar surface area (TPSA) is 99.4 Å². The summed E-state index contributed by atoms with van der Waals surface area (Å²) in [5.74, 6) is 0.109. The van der Waals surface area contributed by atoms with Gasteiger partial charge in [-0.2, -0.15) is 0 Å². The van der Waals surface area contributed by atoms with Crippen LogP contribution in [0.25, 0.3) is 11.0 Å². The maximum atomic E-state index is 12.3. The minimum atomic E-state index is -0.496. The number of rotatable bonds is 9. The smallest absolute Gasteiger partial charge is 0.374 e. The Kier molecular flexibility index (Phi) is 6.36. The Morgan fingerprint density at radius 1 is 1.37 bits per heavy atom. The number of furan rings is 1. The van der Waals surface area contributed by atoms with Crippen molar-refractivity contribution in [1.29, 1.82) is 0 Å². The van der Waals surface area contributed by atoms with Gasteiger partial charge in [-0.3, -0.25) is 4.57 Å². The molecule has 1 aromatic carbocycles. The SMILES string of the molecule is CCOC(=O)c1oc2ccccc2c1CSc1n[nH]c(=O)n1CCCOC. The number of carbonyl (C=O) groups is 1. The fourth-order valence-electron chi connectivity index (χ4n) is 2.72.